The minimum Gasteiger partial charge on any atom is -0.508 e. The summed E-state index contributed by atoms with van der Waals surface area (Å²) in [5, 5.41) is 69.5. The van der Waals surface area contributed by atoms with Gasteiger partial charge in [0, 0.05) is 12.1 Å². The van der Waals surface area contributed by atoms with Crippen molar-refractivity contribution in [3.63, 3.8) is 0 Å². The number of carbonyl (C=O) groups excluding carboxylic acids is 1. The molecule has 4 rings (SSSR count). The highest BCUT2D eigenvalue weighted by atomic mass is 16.6. The minimum absolute atomic E-state index is 0.0573. The second-order valence-corrected chi connectivity index (χ2v) is 8.08. The summed E-state index contributed by atoms with van der Waals surface area (Å²) in [6.07, 6.45) is -9.75. The van der Waals surface area contributed by atoms with Gasteiger partial charge in [-0.25, -0.2) is 0 Å². The van der Waals surface area contributed by atoms with E-state index in [0.29, 0.717) is 5.56 Å². The topological polar surface area (TPSA) is 194 Å². The number of hydrogen-bond acceptors (Lipinski definition) is 10. The van der Waals surface area contributed by atoms with Crippen LogP contribution in [0.15, 0.2) is 36.4 Å². The zero-order chi connectivity index (χ0) is 24.0. The Kier molecular flexibility index (Phi) is 5.89. The van der Waals surface area contributed by atoms with Gasteiger partial charge in [-0.2, -0.15) is 0 Å². The van der Waals surface area contributed by atoms with Gasteiger partial charge in [0.15, 0.2) is 12.2 Å². The first-order valence-corrected chi connectivity index (χ1v) is 10.1. The number of carboxylic acid groups (broad SMARTS) is 1. The Bertz CT molecular complexity index is 1070. The Morgan fingerprint density at radius 3 is 2.24 bits per heavy atom. The molecule has 0 saturated heterocycles. The van der Waals surface area contributed by atoms with Crippen molar-refractivity contribution in [3.05, 3.63) is 47.5 Å². The minimum atomic E-state index is -1.84. The molecule has 1 heterocycles. The van der Waals surface area contributed by atoms with Crippen molar-refractivity contribution >= 4 is 11.8 Å². The van der Waals surface area contributed by atoms with Gasteiger partial charge >= 0.3 is 5.97 Å². The number of benzene rings is 2. The van der Waals surface area contributed by atoms with Crippen molar-refractivity contribution in [1.29, 1.82) is 0 Å². The Hall–Kier alpha value is -3.38. The molecule has 7 N–H and O–H groups in total. The van der Waals surface area contributed by atoms with Crippen LogP contribution in [-0.2, 0) is 9.53 Å². The van der Waals surface area contributed by atoms with E-state index in [1.54, 1.807) is 0 Å². The first-order chi connectivity index (χ1) is 15.6. The predicted octanol–water partition coefficient (Wildman–Crippen LogP) is 0.0608. The highest BCUT2D eigenvalue weighted by Gasteiger charge is 2.50. The Morgan fingerprint density at radius 1 is 0.939 bits per heavy atom. The van der Waals surface area contributed by atoms with Gasteiger partial charge in [-0.1, -0.05) is 12.1 Å². The predicted molar refractivity (Wildman–Crippen MR) is 108 cm³/mol. The van der Waals surface area contributed by atoms with Crippen LogP contribution in [0.3, 0.4) is 0 Å². The largest absolute Gasteiger partial charge is 0.508 e. The Labute approximate surface area is 186 Å². The van der Waals surface area contributed by atoms with Gasteiger partial charge in [0.1, 0.15) is 40.8 Å². The molecule has 0 aromatic heterocycles. The summed E-state index contributed by atoms with van der Waals surface area (Å²) in [5.74, 6) is -4.76. The summed E-state index contributed by atoms with van der Waals surface area (Å²) in [6.45, 7) is 0. The van der Waals surface area contributed by atoms with E-state index in [4.69, 9.17) is 9.47 Å². The number of aliphatic hydroxyl groups is 3. The number of phenols is 3. The number of ketones is 1. The van der Waals surface area contributed by atoms with Crippen LogP contribution in [0.4, 0.5) is 0 Å². The van der Waals surface area contributed by atoms with Crippen LogP contribution < -0.4 is 4.74 Å². The zero-order valence-electron chi connectivity index (χ0n) is 17.0. The molecule has 176 valence electrons. The van der Waals surface area contributed by atoms with Crippen LogP contribution in [0, 0.1) is 5.92 Å². The smallest absolute Gasteiger partial charge is 0.309 e. The van der Waals surface area contributed by atoms with Crippen LogP contribution in [0.25, 0.3) is 0 Å². The SMILES string of the molecule is O=C(O)[C@H]1C[C@@H](O[C@@H]2C(=O)c3c(O)cc(O)cc3O[C@@H]2c2ccc(O)cc2)[C@H](O)[C@@H](O)[C@@H]1O. The molecule has 2 aromatic carbocycles. The lowest BCUT2D eigenvalue weighted by Crippen LogP contribution is -2.57. The van der Waals surface area contributed by atoms with E-state index in [0.717, 1.165) is 12.1 Å². The van der Waals surface area contributed by atoms with E-state index in [1.807, 2.05) is 0 Å². The second kappa shape index (κ2) is 8.52. The van der Waals surface area contributed by atoms with Gasteiger partial charge < -0.3 is 45.2 Å². The molecule has 11 nitrogen and oxygen atoms in total. The normalized spacial score (nSPS) is 31.5. The van der Waals surface area contributed by atoms with Gasteiger partial charge in [-0.3, -0.25) is 9.59 Å². The van der Waals surface area contributed by atoms with E-state index >= 15 is 0 Å². The van der Waals surface area contributed by atoms with Crippen molar-refractivity contribution in [3.8, 4) is 23.0 Å². The van der Waals surface area contributed by atoms with Crippen molar-refractivity contribution in [2.45, 2.75) is 43.0 Å². The zero-order valence-corrected chi connectivity index (χ0v) is 17.0. The number of ether oxygens (including phenoxy) is 2. The summed E-state index contributed by atoms with van der Waals surface area (Å²) in [4.78, 5) is 24.8. The molecule has 11 heteroatoms. The molecule has 1 saturated carbocycles. The lowest BCUT2D eigenvalue weighted by Gasteiger charge is -2.41. The molecule has 1 fully saturated rings. The fourth-order valence-electron chi connectivity index (χ4n) is 4.21. The standard InChI is InChI=1S/C22H22O11/c23-9-3-1-8(2-4-9)20-21(18(28)15-12(25)5-10(24)6-13(15)32-20)33-14-7-11(22(30)31)16(26)19(29)17(14)27/h1-6,11,14,16-17,19-21,23-27,29H,7H2,(H,30,31)/t11-,14+,16+,17-,19-,20+,21+/m0/s1. The van der Waals surface area contributed by atoms with Gasteiger partial charge in [0.05, 0.1) is 18.1 Å². The maximum atomic E-state index is 13.3. The van der Waals surface area contributed by atoms with Crippen molar-refractivity contribution in [2.24, 2.45) is 5.92 Å². The fraction of sp³-hybridized carbons (Fsp3) is 0.364. The number of Topliss-reactive ketones (excluding diaryl/α,β-unsaturated/α-hetero) is 1. The summed E-state index contributed by atoms with van der Waals surface area (Å²) in [7, 11) is 0. The molecule has 2 aliphatic rings. The average molecular weight is 462 g/mol. The molecule has 2 aromatic rings. The third kappa shape index (κ3) is 4.07. The summed E-state index contributed by atoms with van der Waals surface area (Å²) >= 11 is 0. The summed E-state index contributed by atoms with van der Waals surface area (Å²) < 4.78 is 11.6. The molecule has 0 spiro atoms. The molecule has 33 heavy (non-hydrogen) atoms. The van der Waals surface area contributed by atoms with Crippen LogP contribution in [0.2, 0.25) is 0 Å². The number of hydrogen-bond donors (Lipinski definition) is 7. The summed E-state index contributed by atoms with van der Waals surface area (Å²) in [5.41, 5.74) is 0.0776. The first kappa shape index (κ1) is 22.8. The van der Waals surface area contributed by atoms with E-state index < -0.39 is 66.5 Å². The number of aliphatic carboxylic acids is 1. The van der Waals surface area contributed by atoms with Gasteiger partial charge in [0.2, 0.25) is 5.78 Å². The number of aliphatic hydroxyl groups excluding tert-OH is 3. The number of carbonyl (C=O) groups is 2. The molecule has 7 atom stereocenters. The van der Waals surface area contributed by atoms with Crippen LogP contribution in [0.5, 0.6) is 23.0 Å². The van der Waals surface area contributed by atoms with Crippen LogP contribution in [0.1, 0.15) is 28.4 Å². The third-order valence-electron chi connectivity index (χ3n) is 5.94. The number of rotatable bonds is 4. The molecule has 0 radical (unpaired) electrons. The molecule has 1 aliphatic carbocycles. The van der Waals surface area contributed by atoms with E-state index in [-0.39, 0.29) is 22.8 Å². The van der Waals surface area contributed by atoms with E-state index in [1.165, 1.54) is 24.3 Å². The fourth-order valence-corrected chi connectivity index (χ4v) is 4.21. The van der Waals surface area contributed by atoms with E-state index in [2.05, 4.69) is 0 Å². The second-order valence-electron chi connectivity index (χ2n) is 8.08. The van der Waals surface area contributed by atoms with Crippen LogP contribution in [-0.4, -0.2) is 78.0 Å². The number of fused-ring (bicyclic) bond motifs is 1. The Balaban J connectivity index is 1.73. The molecule has 0 unspecified atom stereocenters. The summed E-state index contributed by atoms with van der Waals surface area (Å²) in [6, 6.07) is 7.65. The Morgan fingerprint density at radius 2 is 1.61 bits per heavy atom. The molecule has 1 aliphatic heterocycles. The van der Waals surface area contributed by atoms with Gasteiger partial charge in [-0.05, 0) is 24.1 Å². The number of phenolic OH excluding ortho intramolecular Hbond substituents is 3. The van der Waals surface area contributed by atoms with E-state index in [9.17, 15) is 45.3 Å². The average Bonchev–Trinajstić information content (AvgIpc) is 2.75. The van der Waals surface area contributed by atoms with Crippen molar-refractivity contribution < 1.29 is 54.8 Å². The first-order valence-electron chi connectivity index (χ1n) is 10.1. The van der Waals surface area contributed by atoms with Crippen LogP contribution >= 0.6 is 0 Å². The molecular weight excluding hydrogens is 440 g/mol. The number of aromatic hydroxyl groups is 3. The molecule has 0 bridgehead atoms. The number of carboxylic acids is 1. The quantitative estimate of drug-likeness (QED) is 0.325. The lowest BCUT2D eigenvalue weighted by molar-refractivity contribution is -0.197. The lowest BCUT2D eigenvalue weighted by atomic mass is 9.80. The maximum Gasteiger partial charge on any atom is 0.309 e. The molecular formula is C22H22O11. The third-order valence-corrected chi connectivity index (χ3v) is 5.94. The monoisotopic (exact) mass is 462 g/mol. The van der Waals surface area contributed by atoms with Gasteiger partial charge in [-0.15, -0.1) is 0 Å². The van der Waals surface area contributed by atoms with Gasteiger partial charge in [0.25, 0.3) is 0 Å². The molecule has 0 amide bonds. The van der Waals surface area contributed by atoms with Crippen molar-refractivity contribution in [2.75, 3.05) is 0 Å². The van der Waals surface area contributed by atoms with Crippen molar-refractivity contribution in [1.82, 2.24) is 0 Å². The highest BCUT2D eigenvalue weighted by Crippen LogP contribution is 2.44. The maximum absolute atomic E-state index is 13.3. The highest BCUT2D eigenvalue weighted by molar-refractivity contribution is 6.05.